The van der Waals surface area contributed by atoms with Gasteiger partial charge in [-0.25, -0.2) is 4.98 Å². The van der Waals surface area contributed by atoms with Crippen LogP contribution in [0, 0.1) is 0 Å². The molecule has 0 aliphatic heterocycles. The number of aromatic nitrogens is 2. The van der Waals surface area contributed by atoms with E-state index in [-0.39, 0.29) is 0 Å². The summed E-state index contributed by atoms with van der Waals surface area (Å²) in [6.07, 6.45) is 11.8. The van der Waals surface area contributed by atoms with Gasteiger partial charge < -0.3 is 4.98 Å². The number of nitrogens with zero attached hydrogens (tertiary/aromatic N) is 1. The summed E-state index contributed by atoms with van der Waals surface area (Å²) in [6.45, 7) is 0. The minimum atomic E-state index is 0.917. The molecule has 1 aliphatic rings. The summed E-state index contributed by atoms with van der Waals surface area (Å²) in [4.78, 5) is 9.56. The minimum absolute atomic E-state index is 0.917. The summed E-state index contributed by atoms with van der Waals surface area (Å²) in [5.41, 5.74) is 5.87. The molecule has 0 spiro atoms. The number of hydrogen-bond donors (Lipinski definition) is 1. The van der Waals surface area contributed by atoms with E-state index in [9.17, 15) is 0 Å². The third-order valence-corrected chi connectivity index (χ3v) is 5.34. The monoisotopic (exact) mass is 384 g/mol. The van der Waals surface area contributed by atoms with Crippen molar-refractivity contribution < 1.29 is 0 Å². The van der Waals surface area contributed by atoms with E-state index in [0.29, 0.717) is 0 Å². The highest BCUT2D eigenvalue weighted by atomic mass is 32.1. The van der Waals surface area contributed by atoms with E-state index in [1.807, 2.05) is 12.1 Å². The molecule has 28 heavy (non-hydrogen) atoms. The van der Waals surface area contributed by atoms with Crippen LogP contribution in [0.1, 0.15) is 31.5 Å². The summed E-state index contributed by atoms with van der Waals surface area (Å²) in [5.74, 6) is 1.06. The Morgan fingerprint density at radius 3 is 2.18 bits per heavy atom. The van der Waals surface area contributed by atoms with Crippen LogP contribution in [-0.2, 0) is 6.42 Å². The maximum Gasteiger partial charge on any atom is 0.107 e. The van der Waals surface area contributed by atoms with Crippen LogP contribution in [0.25, 0.3) is 22.5 Å². The van der Waals surface area contributed by atoms with Gasteiger partial charge in [-0.1, -0.05) is 90.6 Å². The van der Waals surface area contributed by atoms with Crippen LogP contribution in [-0.4, -0.2) is 14.8 Å². The van der Waals surface area contributed by atoms with Crippen LogP contribution in [0.5, 0.6) is 0 Å². The summed E-state index contributed by atoms with van der Waals surface area (Å²) >= 11 is 5.21. The fourth-order valence-corrected chi connectivity index (χ4v) is 3.69. The number of aromatic amines is 1. The van der Waals surface area contributed by atoms with Crippen LogP contribution in [0.15, 0.2) is 84.5 Å². The Morgan fingerprint density at radius 1 is 0.821 bits per heavy atom. The molecule has 140 valence electrons. The Kier molecular flexibility index (Phi) is 5.93. The molecule has 0 saturated carbocycles. The lowest BCUT2D eigenvalue weighted by molar-refractivity contribution is 0.714. The van der Waals surface area contributed by atoms with Gasteiger partial charge in [-0.2, -0.15) is 0 Å². The van der Waals surface area contributed by atoms with Crippen LogP contribution < -0.4 is 0 Å². The lowest BCUT2D eigenvalue weighted by atomic mass is 10.0. The van der Waals surface area contributed by atoms with Crippen LogP contribution >= 0.6 is 12.2 Å². The maximum atomic E-state index is 5.21. The standard InChI is InChI=1S/C25H24N2S/c28-22-17-15-19(16-18-22)9-7-8-14-23-26-24(20-10-3-1-4-11-20)25(27-23)21-12-5-2-6-13-21/h1-6,10-13,15-17H,7-9,14,18H2,(H,26,27). The third kappa shape index (κ3) is 4.55. The Bertz CT molecular complexity index is 941. The first-order valence-corrected chi connectivity index (χ1v) is 10.3. The van der Waals surface area contributed by atoms with Crippen molar-refractivity contribution in [2.45, 2.75) is 32.1 Å². The quantitative estimate of drug-likeness (QED) is 0.362. The van der Waals surface area contributed by atoms with Crippen LogP contribution in [0.3, 0.4) is 0 Å². The highest BCUT2D eigenvalue weighted by molar-refractivity contribution is 7.80. The zero-order chi connectivity index (χ0) is 19.2. The van der Waals surface area contributed by atoms with Crippen LogP contribution in [0.2, 0.25) is 0 Å². The normalized spacial score (nSPS) is 13.6. The van der Waals surface area contributed by atoms with Gasteiger partial charge in [0.15, 0.2) is 0 Å². The van der Waals surface area contributed by atoms with Crippen molar-refractivity contribution in [2.24, 2.45) is 0 Å². The molecule has 1 aromatic heterocycles. The SMILES string of the molecule is S=C1C=CC(CCCCc2nc(-c3ccccc3)c(-c3ccccc3)[nH]2)=CC1. The zero-order valence-electron chi connectivity index (χ0n) is 15.9. The highest BCUT2D eigenvalue weighted by Crippen LogP contribution is 2.30. The van der Waals surface area contributed by atoms with Crippen LogP contribution in [0.4, 0.5) is 0 Å². The average molecular weight is 385 g/mol. The van der Waals surface area contributed by atoms with E-state index in [1.165, 1.54) is 11.1 Å². The molecule has 1 N–H and O–H groups in total. The number of imidazole rings is 1. The summed E-state index contributed by atoms with van der Waals surface area (Å²) < 4.78 is 0. The number of rotatable bonds is 7. The van der Waals surface area contributed by atoms with E-state index >= 15 is 0 Å². The van der Waals surface area contributed by atoms with Gasteiger partial charge in [0, 0.05) is 28.8 Å². The number of thiocarbonyl (C=S) groups is 1. The van der Waals surface area contributed by atoms with Gasteiger partial charge in [0.2, 0.25) is 0 Å². The molecule has 0 saturated heterocycles. The molecular weight excluding hydrogens is 360 g/mol. The zero-order valence-corrected chi connectivity index (χ0v) is 16.7. The first-order valence-electron chi connectivity index (χ1n) is 9.89. The molecule has 2 nitrogen and oxygen atoms in total. The second kappa shape index (κ2) is 8.94. The van der Waals surface area contributed by atoms with Crippen molar-refractivity contribution in [2.75, 3.05) is 0 Å². The number of unbranched alkanes of at least 4 members (excludes halogenated alkanes) is 1. The predicted molar refractivity (Wildman–Crippen MR) is 121 cm³/mol. The van der Waals surface area contributed by atoms with Crippen molar-refractivity contribution in [3.63, 3.8) is 0 Å². The fraction of sp³-hybridized carbons (Fsp3) is 0.200. The van der Waals surface area contributed by atoms with Gasteiger partial charge in [0.25, 0.3) is 0 Å². The molecule has 1 heterocycles. The molecule has 3 heteroatoms. The minimum Gasteiger partial charge on any atom is -0.341 e. The van der Waals surface area contributed by atoms with E-state index in [0.717, 1.165) is 59.7 Å². The number of benzene rings is 2. The van der Waals surface area contributed by atoms with Crippen molar-refractivity contribution in [3.8, 4) is 22.5 Å². The fourth-order valence-electron chi connectivity index (χ4n) is 3.53. The number of allylic oxidation sites excluding steroid dienone is 4. The lowest BCUT2D eigenvalue weighted by Crippen LogP contribution is -1.95. The molecule has 4 rings (SSSR count). The molecule has 2 aromatic carbocycles. The molecule has 0 fully saturated rings. The molecule has 0 unspecified atom stereocenters. The number of aryl methyl sites for hydroxylation is 1. The van der Waals surface area contributed by atoms with Gasteiger partial charge in [-0.05, 0) is 25.3 Å². The Morgan fingerprint density at radius 2 is 1.50 bits per heavy atom. The highest BCUT2D eigenvalue weighted by Gasteiger charge is 2.13. The summed E-state index contributed by atoms with van der Waals surface area (Å²) in [7, 11) is 0. The average Bonchev–Trinajstić information content (AvgIpc) is 3.18. The molecule has 0 radical (unpaired) electrons. The van der Waals surface area contributed by atoms with E-state index in [1.54, 1.807) is 0 Å². The topological polar surface area (TPSA) is 28.7 Å². The third-order valence-electron chi connectivity index (χ3n) is 5.04. The van der Waals surface area contributed by atoms with Crippen molar-refractivity contribution in [3.05, 3.63) is 90.3 Å². The Labute approximate surface area is 172 Å². The van der Waals surface area contributed by atoms with Gasteiger partial charge in [0.1, 0.15) is 5.82 Å². The molecular formula is C25H24N2S. The molecule has 0 bridgehead atoms. The second-order valence-corrected chi connectivity index (χ2v) is 7.65. The van der Waals surface area contributed by atoms with E-state index < -0.39 is 0 Å². The largest absolute Gasteiger partial charge is 0.341 e. The maximum absolute atomic E-state index is 5.21. The predicted octanol–water partition coefficient (Wildman–Crippen LogP) is 6.71. The van der Waals surface area contributed by atoms with Gasteiger partial charge >= 0.3 is 0 Å². The van der Waals surface area contributed by atoms with E-state index in [4.69, 9.17) is 17.2 Å². The van der Waals surface area contributed by atoms with Gasteiger partial charge in [0.05, 0.1) is 11.4 Å². The number of H-pyrrole nitrogens is 1. The smallest absolute Gasteiger partial charge is 0.107 e. The molecule has 1 aliphatic carbocycles. The number of hydrogen-bond acceptors (Lipinski definition) is 2. The first kappa shape index (κ1) is 18.6. The van der Waals surface area contributed by atoms with Crippen molar-refractivity contribution in [1.29, 1.82) is 0 Å². The molecule has 3 aromatic rings. The van der Waals surface area contributed by atoms with Gasteiger partial charge in [-0.3, -0.25) is 0 Å². The van der Waals surface area contributed by atoms with E-state index in [2.05, 4.69) is 71.7 Å². The summed E-state index contributed by atoms with van der Waals surface area (Å²) in [6, 6.07) is 20.9. The van der Waals surface area contributed by atoms with Crippen molar-refractivity contribution >= 4 is 17.1 Å². The van der Waals surface area contributed by atoms with Crippen molar-refractivity contribution in [1.82, 2.24) is 9.97 Å². The first-order chi connectivity index (χ1) is 13.8. The second-order valence-electron chi connectivity index (χ2n) is 7.13. The number of nitrogens with one attached hydrogen (secondary N) is 1. The van der Waals surface area contributed by atoms with Gasteiger partial charge in [-0.15, -0.1) is 0 Å². The molecule has 0 amide bonds. The Balaban J connectivity index is 1.47. The lowest BCUT2D eigenvalue weighted by Gasteiger charge is -2.07. The summed E-state index contributed by atoms with van der Waals surface area (Å²) in [5, 5.41) is 0. The Hall–Kier alpha value is -2.78. The molecule has 0 atom stereocenters.